The normalized spacial score (nSPS) is 13.4. The fraction of sp³-hybridized carbons (Fsp3) is 0.231. The van der Waals surface area contributed by atoms with Gasteiger partial charge in [0.1, 0.15) is 13.2 Å². The maximum atomic E-state index is 10.8. The Bertz CT molecular complexity index is 364. The average Bonchev–Trinajstić information content (AvgIpc) is 2.80. The molecule has 0 saturated carbocycles. The molecule has 0 aromatic carbocycles. The largest absolute Gasteiger partial charge is 0.458 e. The van der Waals surface area contributed by atoms with Gasteiger partial charge in [0, 0.05) is 12.2 Å². The Kier molecular flexibility index (Phi) is 4.94. The lowest BCUT2D eigenvalue weighted by Crippen LogP contribution is -2.06. The van der Waals surface area contributed by atoms with Crippen LogP contribution in [0, 0.1) is 0 Å². The summed E-state index contributed by atoms with van der Waals surface area (Å²) >= 11 is 0. The maximum absolute atomic E-state index is 10.8. The van der Waals surface area contributed by atoms with E-state index in [2.05, 4.69) is 13.2 Å². The van der Waals surface area contributed by atoms with Crippen molar-refractivity contribution in [1.82, 2.24) is 0 Å². The van der Waals surface area contributed by atoms with Crippen LogP contribution < -0.4 is 0 Å². The van der Waals surface area contributed by atoms with Crippen molar-refractivity contribution in [3.63, 3.8) is 0 Å². The van der Waals surface area contributed by atoms with Gasteiger partial charge in [-0.05, 0) is 17.6 Å². The molecule has 1 rings (SSSR count). The molecule has 0 heterocycles. The van der Waals surface area contributed by atoms with Gasteiger partial charge in [0.05, 0.1) is 0 Å². The molecule has 0 bridgehead atoms. The van der Waals surface area contributed by atoms with Crippen molar-refractivity contribution >= 4 is 11.9 Å². The van der Waals surface area contributed by atoms with Gasteiger partial charge in [0.2, 0.25) is 0 Å². The minimum atomic E-state index is -0.447. The number of ether oxygens (including phenoxy) is 2. The monoisotopic (exact) mass is 234 g/mol. The minimum Gasteiger partial charge on any atom is -0.458 e. The van der Waals surface area contributed by atoms with Gasteiger partial charge < -0.3 is 9.47 Å². The molecule has 0 aromatic heterocycles. The van der Waals surface area contributed by atoms with Crippen LogP contribution in [-0.4, -0.2) is 25.2 Å². The summed E-state index contributed by atoms with van der Waals surface area (Å²) in [5.74, 6) is -0.894. The van der Waals surface area contributed by atoms with Gasteiger partial charge in [0.25, 0.3) is 0 Å². The number of hydrogen-bond donors (Lipinski definition) is 0. The molecule has 1 aliphatic carbocycles. The summed E-state index contributed by atoms with van der Waals surface area (Å²) in [5, 5.41) is 0. The third-order valence-electron chi connectivity index (χ3n) is 2.14. The van der Waals surface area contributed by atoms with Crippen molar-refractivity contribution in [3.05, 3.63) is 48.6 Å². The molecule has 0 N–H and O–H groups in total. The Labute approximate surface area is 99.9 Å². The molecule has 0 radical (unpaired) electrons. The Hall–Kier alpha value is -2.10. The van der Waals surface area contributed by atoms with Gasteiger partial charge in [-0.2, -0.15) is 0 Å². The maximum Gasteiger partial charge on any atom is 0.330 e. The molecule has 0 aliphatic heterocycles. The highest BCUT2D eigenvalue weighted by atomic mass is 16.5. The zero-order valence-corrected chi connectivity index (χ0v) is 9.48. The van der Waals surface area contributed by atoms with Crippen LogP contribution in [0.1, 0.15) is 6.42 Å². The smallest absolute Gasteiger partial charge is 0.330 e. The van der Waals surface area contributed by atoms with Crippen LogP contribution in [0.4, 0.5) is 0 Å². The van der Waals surface area contributed by atoms with Crippen LogP contribution in [0.2, 0.25) is 0 Å². The molecule has 17 heavy (non-hydrogen) atoms. The molecule has 4 heteroatoms. The van der Waals surface area contributed by atoms with Crippen molar-refractivity contribution in [2.45, 2.75) is 6.42 Å². The molecule has 0 fully saturated rings. The quantitative estimate of drug-likeness (QED) is 0.518. The van der Waals surface area contributed by atoms with Gasteiger partial charge >= 0.3 is 11.9 Å². The summed E-state index contributed by atoms with van der Waals surface area (Å²) in [6.45, 7) is 7.08. The fourth-order valence-electron chi connectivity index (χ4n) is 1.29. The van der Waals surface area contributed by atoms with E-state index >= 15 is 0 Å². The topological polar surface area (TPSA) is 52.6 Å². The van der Waals surface area contributed by atoms with Gasteiger partial charge in [-0.1, -0.05) is 25.3 Å². The lowest BCUT2D eigenvalue weighted by atomic mass is 10.2. The number of esters is 2. The standard InChI is InChI=1S/C13H14O4/c1-3-12(14)16-8-10-5-6-11(7-10)9-17-13(15)4-2/h3-6H,1-2,7-9H2. The molecule has 0 aromatic rings. The number of hydrogen-bond acceptors (Lipinski definition) is 4. The highest BCUT2D eigenvalue weighted by Gasteiger charge is 2.11. The molecule has 0 spiro atoms. The summed E-state index contributed by atoms with van der Waals surface area (Å²) in [5.41, 5.74) is 1.93. The zero-order valence-electron chi connectivity index (χ0n) is 9.48. The minimum absolute atomic E-state index is 0.236. The van der Waals surface area contributed by atoms with Crippen molar-refractivity contribution in [2.24, 2.45) is 0 Å². The summed E-state index contributed by atoms with van der Waals surface area (Å²) in [6.07, 6.45) is 6.60. The van der Waals surface area contributed by atoms with Crippen LogP contribution in [0.25, 0.3) is 0 Å². The van der Waals surface area contributed by atoms with Crippen molar-refractivity contribution in [1.29, 1.82) is 0 Å². The SMILES string of the molecule is C=CC(=O)OCC1=CC=C(COC(=O)C=C)C1. The Morgan fingerprint density at radius 2 is 1.47 bits per heavy atom. The van der Waals surface area contributed by atoms with E-state index in [4.69, 9.17) is 9.47 Å². The van der Waals surface area contributed by atoms with Gasteiger partial charge in [-0.25, -0.2) is 9.59 Å². The fourth-order valence-corrected chi connectivity index (χ4v) is 1.29. The van der Waals surface area contributed by atoms with Crippen LogP contribution in [-0.2, 0) is 19.1 Å². The molecule has 0 amide bonds. The third kappa shape index (κ3) is 4.51. The van der Waals surface area contributed by atoms with E-state index in [1.165, 1.54) is 0 Å². The van der Waals surface area contributed by atoms with Crippen molar-refractivity contribution < 1.29 is 19.1 Å². The first-order valence-corrected chi connectivity index (χ1v) is 5.11. The second kappa shape index (κ2) is 6.48. The van der Waals surface area contributed by atoms with Gasteiger partial charge in [0.15, 0.2) is 0 Å². The first kappa shape index (κ1) is 13.0. The molecule has 0 unspecified atom stereocenters. The zero-order chi connectivity index (χ0) is 12.7. The second-order valence-electron chi connectivity index (χ2n) is 3.45. The number of carbonyl (C=O) groups is 2. The van der Waals surface area contributed by atoms with E-state index < -0.39 is 11.9 Å². The van der Waals surface area contributed by atoms with Crippen LogP contribution in [0.5, 0.6) is 0 Å². The summed E-state index contributed by atoms with van der Waals surface area (Å²) < 4.78 is 9.78. The first-order chi connectivity index (χ1) is 8.15. The van der Waals surface area contributed by atoms with Crippen LogP contribution >= 0.6 is 0 Å². The van der Waals surface area contributed by atoms with E-state index in [9.17, 15) is 9.59 Å². The molecule has 4 nitrogen and oxygen atoms in total. The van der Waals surface area contributed by atoms with E-state index in [1.54, 1.807) is 0 Å². The summed E-state index contributed by atoms with van der Waals surface area (Å²) in [4.78, 5) is 21.7. The van der Waals surface area contributed by atoms with E-state index in [0.29, 0.717) is 6.42 Å². The van der Waals surface area contributed by atoms with Crippen molar-refractivity contribution in [2.75, 3.05) is 13.2 Å². The number of rotatable bonds is 6. The van der Waals surface area contributed by atoms with E-state index in [-0.39, 0.29) is 13.2 Å². The molecular weight excluding hydrogens is 220 g/mol. The van der Waals surface area contributed by atoms with Gasteiger partial charge in [-0.15, -0.1) is 0 Å². The predicted octanol–water partition coefficient (Wildman–Crippen LogP) is 1.70. The van der Waals surface area contributed by atoms with Crippen LogP contribution in [0.15, 0.2) is 48.6 Å². The molecule has 1 aliphatic rings. The Morgan fingerprint density at radius 1 is 1.06 bits per heavy atom. The average molecular weight is 234 g/mol. The summed E-state index contributed by atoms with van der Waals surface area (Å²) in [7, 11) is 0. The first-order valence-electron chi connectivity index (χ1n) is 5.11. The summed E-state index contributed by atoms with van der Waals surface area (Å²) in [6, 6.07) is 0. The molecule has 0 atom stereocenters. The molecule has 0 saturated heterocycles. The van der Waals surface area contributed by atoms with E-state index in [0.717, 1.165) is 23.3 Å². The molecule has 90 valence electrons. The lowest BCUT2D eigenvalue weighted by Gasteiger charge is -2.06. The number of allylic oxidation sites excluding steroid dienone is 2. The Balaban J connectivity index is 2.25. The van der Waals surface area contributed by atoms with Gasteiger partial charge in [-0.3, -0.25) is 0 Å². The van der Waals surface area contributed by atoms with E-state index in [1.807, 2.05) is 12.2 Å². The predicted molar refractivity (Wildman–Crippen MR) is 63.1 cm³/mol. The highest BCUT2D eigenvalue weighted by molar-refractivity contribution is 5.81. The Morgan fingerprint density at radius 3 is 1.82 bits per heavy atom. The van der Waals surface area contributed by atoms with Crippen molar-refractivity contribution in [3.8, 4) is 0 Å². The van der Waals surface area contributed by atoms with Crippen LogP contribution in [0.3, 0.4) is 0 Å². The molecular formula is C13H14O4. The third-order valence-corrected chi connectivity index (χ3v) is 2.14. The second-order valence-corrected chi connectivity index (χ2v) is 3.45. The lowest BCUT2D eigenvalue weighted by molar-refractivity contribution is -0.137. The highest BCUT2D eigenvalue weighted by Crippen LogP contribution is 2.19. The number of carbonyl (C=O) groups excluding carboxylic acids is 2.